The zero-order valence-corrected chi connectivity index (χ0v) is 10.9. The molecule has 1 nitrogen and oxygen atoms in total. The van der Waals surface area contributed by atoms with E-state index < -0.39 is 0 Å². The zero-order chi connectivity index (χ0) is 12.8. The third-order valence-corrected chi connectivity index (χ3v) is 3.42. The summed E-state index contributed by atoms with van der Waals surface area (Å²) in [6, 6.07) is 16.9. The highest BCUT2D eigenvalue weighted by molar-refractivity contribution is 5.31. The van der Waals surface area contributed by atoms with Gasteiger partial charge in [0.25, 0.3) is 0 Å². The van der Waals surface area contributed by atoms with E-state index in [1.807, 2.05) is 6.07 Å². The lowest BCUT2D eigenvalue weighted by Gasteiger charge is -2.09. The molecule has 0 spiro atoms. The van der Waals surface area contributed by atoms with Gasteiger partial charge in [-0.1, -0.05) is 48.5 Å². The predicted octanol–water partition coefficient (Wildman–Crippen LogP) is 3.32. The van der Waals surface area contributed by atoms with Gasteiger partial charge in [-0.25, -0.2) is 0 Å². The minimum atomic E-state index is 0.224. The first-order valence-corrected chi connectivity index (χ1v) is 6.53. The standard InChI is InChI=1S/C17H20O/c1-14-6-2-3-7-15(14)10-11-16-8-4-5-9-17(16)12-13-18/h2-9,18H,10-13H2,1H3. The van der Waals surface area contributed by atoms with Crippen LogP contribution < -0.4 is 0 Å². The molecule has 0 fully saturated rings. The maximum Gasteiger partial charge on any atom is 0.0471 e. The molecule has 1 heteroatoms. The Balaban J connectivity index is 2.08. The molecular weight excluding hydrogens is 220 g/mol. The lowest BCUT2D eigenvalue weighted by Crippen LogP contribution is -2.00. The fourth-order valence-electron chi connectivity index (χ4n) is 2.33. The molecule has 2 rings (SSSR count). The Morgan fingerprint density at radius 1 is 0.722 bits per heavy atom. The van der Waals surface area contributed by atoms with Crippen molar-refractivity contribution in [1.82, 2.24) is 0 Å². The second-order valence-electron chi connectivity index (χ2n) is 4.67. The predicted molar refractivity (Wildman–Crippen MR) is 75.8 cm³/mol. The van der Waals surface area contributed by atoms with Crippen LogP contribution in [0.2, 0.25) is 0 Å². The van der Waals surface area contributed by atoms with Gasteiger partial charge in [-0.3, -0.25) is 0 Å². The molecule has 18 heavy (non-hydrogen) atoms. The molecule has 94 valence electrons. The Hall–Kier alpha value is -1.60. The van der Waals surface area contributed by atoms with Crippen molar-refractivity contribution in [3.63, 3.8) is 0 Å². The number of aliphatic hydroxyl groups is 1. The van der Waals surface area contributed by atoms with Crippen LogP contribution in [0.4, 0.5) is 0 Å². The number of aliphatic hydroxyl groups excluding tert-OH is 1. The first-order chi connectivity index (χ1) is 8.81. The molecule has 0 aliphatic heterocycles. The van der Waals surface area contributed by atoms with E-state index in [0.29, 0.717) is 0 Å². The monoisotopic (exact) mass is 240 g/mol. The molecule has 2 aromatic rings. The van der Waals surface area contributed by atoms with Crippen LogP contribution in [0.25, 0.3) is 0 Å². The van der Waals surface area contributed by atoms with Gasteiger partial charge in [0, 0.05) is 6.61 Å². The van der Waals surface area contributed by atoms with E-state index in [2.05, 4.69) is 49.4 Å². The third kappa shape index (κ3) is 3.21. The van der Waals surface area contributed by atoms with Crippen LogP contribution in [-0.4, -0.2) is 11.7 Å². The molecule has 0 radical (unpaired) electrons. The topological polar surface area (TPSA) is 20.2 Å². The first kappa shape index (κ1) is 12.8. The van der Waals surface area contributed by atoms with E-state index in [9.17, 15) is 0 Å². The van der Waals surface area contributed by atoms with Crippen molar-refractivity contribution in [2.24, 2.45) is 0 Å². The molecule has 0 aliphatic rings. The second-order valence-corrected chi connectivity index (χ2v) is 4.67. The lowest BCUT2D eigenvalue weighted by atomic mass is 9.96. The largest absolute Gasteiger partial charge is 0.396 e. The average Bonchev–Trinajstić information content (AvgIpc) is 2.40. The summed E-state index contributed by atoms with van der Waals surface area (Å²) in [5.41, 5.74) is 5.40. The first-order valence-electron chi connectivity index (χ1n) is 6.53. The molecule has 2 aromatic carbocycles. The van der Waals surface area contributed by atoms with Crippen molar-refractivity contribution in [2.75, 3.05) is 6.61 Å². The van der Waals surface area contributed by atoms with Crippen LogP contribution in [-0.2, 0) is 19.3 Å². The molecule has 0 saturated carbocycles. The summed E-state index contributed by atoms with van der Waals surface area (Å²) in [4.78, 5) is 0. The molecule has 1 N–H and O–H groups in total. The van der Waals surface area contributed by atoms with Gasteiger partial charge in [0.05, 0.1) is 0 Å². The summed E-state index contributed by atoms with van der Waals surface area (Å²) in [5.74, 6) is 0. The number of hydrogen-bond acceptors (Lipinski definition) is 1. The summed E-state index contributed by atoms with van der Waals surface area (Å²) in [5, 5.41) is 9.07. The highest BCUT2D eigenvalue weighted by Crippen LogP contribution is 2.15. The van der Waals surface area contributed by atoms with E-state index in [0.717, 1.165) is 19.3 Å². The van der Waals surface area contributed by atoms with Crippen molar-refractivity contribution < 1.29 is 5.11 Å². The van der Waals surface area contributed by atoms with Crippen LogP contribution in [0.15, 0.2) is 48.5 Å². The summed E-state index contributed by atoms with van der Waals surface area (Å²) in [6.45, 7) is 2.39. The summed E-state index contributed by atoms with van der Waals surface area (Å²) in [7, 11) is 0. The Kier molecular flexibility index (Phi) is 4.54. The Morgan fingerprint density at radius 3 is 1.83 bits per heavy atom. The molecular formula is C17H20O. The highest BCUT2D eigenvalue weighted by Gasteiger charge is 2.03. The Morgan fingerprint density at radius 2 is 1.22 bits per heavy atom. The fourth-order valence-corrected chi connectivity index (χ4v) is 2.33. The minimum absolute atomic E-state index is 0.224. The summed E-state index contributed by atoms with van der Waals surface area (Å²) in [6.07, 6.45) is 2.86. The van der Waals surface area contributed by atoms with E-state index in [-0.39, 0.29) is 6.61 Å². The average molecular weight is 240 g/mol. The van der Waals surface area contributed by atoms with Gasteiger partial charge in [0.1, 0.15) is 0 Å². The van der Waals surface area contributed by atoms with Gasteiger partial charge in [-0.05, 0) is 48.4 Å². The quantitative estimate of drug-likeness (QED) is 0.850. The van der Waals surface area contributed by atoms with Gasteiger partial charge in [-0.2, -0.15) is 0 Å². The lowest BCUT2D eigenvalue weighted by molar-refractivity contribution is 0.299. The molecule has 0 aliphatic carbocycles. The second kappa shape index (κ2) is 6.36. The van der Waals surface area contributed by atoms with Gasteiger partial charge in [0.2, 0.25) is 0 Å². The maximum atomic E-state index is 9.07. The minimum Gasteiger partial charge on any atom is -0.396 e. The van der Waals surface area contributed by atoms with Gasteiger partial charge < -0.3 is 5.11 Å². The summed E-state index contributed by atoms with van der Waals surface area (Å²) < 4.78 is 0. The van der Waals surface area contributed by atoms with E-state index in [1.165, 1.54) is 22.3 Å². The van der Waals surface area contributed by atoms with E-state index in [4.69, 9.17) is 5.11 Å². The highest BCUT2D eigenvalue weighted by atomic mass is 16.2. The number of rotatable bonds is 5. The van der Waals surface area contributed by atoms with Crippen molar-refractivity contribution in [2.45, 2.75) is 26.2 Å². The summed E-state index contributed by atoms with van der Waals surface area (Å²) >= 11 is 0. The van der Waals surface area contributed by atoms with Crippen LogP contribution in [0.1, 0.15) is 22.3 Å². The van der Waals surface area contributed by atoms with Crippen LogP contribution in [0.3, 0.4) is 0 Å². The molecule has 0 atom stereocenters. The van der Waals surface area contributed by atoms with Crippen LogP contribution >= 0.6 is 0 Å². The third-order valence-electron chi connectivity index (χ3n) is 3.42. The van der Waals surface area contributed by atoms with Crippen LogP contribution in [0, 0.1) is 6.92 Å². The van der Waals surface area contributed by atoms with E-state index >= 15 is 0 Å². The molecule has 0 aromatic heterocycles. The molecule has 0 bridgehead atoms. The number of aryl methyl sites for hydroxylation is 3. The van der Waals surface area contributed by atoms with Crippen molar-refractivity contribution in [1.29, 1.82) is 0 Å². The Labute approximate surface area is 109 Å². The van der Waals surface area contributed by atoms with Gasteiger partial charge in [0.15, 0.2) is 0 Å². The fraction of sp³-hybridized carbons (Fsp3) is 0.294. The molecule has 0 amide bonds. The zero-order valence-electron chi connectivity index (χ0n) is 10.9. The van der Waals surface area contributed by atoms with E-state index in [1.54, 1.807) is 0 Å². The molecule has 0 saturated heterocycles. The molecule has 0 unspecified atom stereocenters. The normalized spacial score (nSPS) is 10.6. The maximum absolute atomic E-state index is 9.07. The van der Waals surface area contributed by atoms with Gasteiger partial charge >= 0.3 is 0 Å². The Bertz CT molecular complexity index is 502. The SMILES string of the molecule is Cc1ccccc1CCc1ccccc1CCO. The van der Waals surface area contributed by atoms with Gasteiger partial charge in [-0.15, -0.1) is 0 Å². The van der Waals surface area contributed by atoms with Crippen molar-refractivity contribution in [3.8, 4) is 0 Å². The van der Waals surface area contributed by atoms with Crippen LogP contribution in [0.5, 0.6) is 0 Å². The smallest absolute Gasteiger partial charge is 0.0471 e. The number of benzene rings is 2. The molecule has 0 heterocycles. The van der Waals surface area contributed by atoms with Crippen molar-refractivity contribution in [3.05, 3.63) is 70.8 Å². The number of hydrogen-bond donors (Lipinski definition) is 1. The van der Waals surface area contributed by atoms with Crippen molar-refractivity contribution >= 4 is 0 Å².